The van der Waals surface area contributed by atoms with Crippen LogP contribution in [0.2, 0.25) is 0 Å². The summed E-state index contributed by atoms with van der Waals surface area (Å²) in [6.45, 7) is 4.79. The topological polar surface area (TPSA) is 104 Å². The summed E-state index contributed by atoms with van der Waals surface area (Å²) < 4.78 is 35.6. The van der Waals surface area contributed by atoms with Crippen LogP contribution in [0, 0.1) is 0 Å². The van der Waals surface area contributed by atoms with E-state index in [1.165, 1.54) is 24.3 Å². The summed E-state index contributed by atoms with van der Waals surface area (Å²) in [6, 6.07) is 25.8. The van der Waals surface area contributed by atoms with Crippen molar-refractivity contribution in [3.05, 3.63) is 107 Å². The molecular weight excluding hydrogens is 606 g/mol. The Labute approximate surface area is 248 Å². The maximum Gasteiger partial charge on any atom is 0.262 e. The van der Waals surface area contributed by atoms with Gasteiger partial charge in [-0.3, -0.25) is 14.4 Å². The van der Waals surface area contributed by atoms with Crippen LogP contribution in [-0.4, -0.2) is 63.5 Å². The van der Waals surface area contributed by atoms with Crippen LogP contribution in [-0.2, 0) is 10.0 Å². The number of piperazine rings is 1. The number of anilines is 2. The number of aromatic nitrogens is 1. The molecule has 0 atom stereocenters. The first-order valence-corrected chi connectivity index (χ1v) is 15.5. The maximum atomic E-state index is 13.1. The average molecular weight is 637 g/mol. The highest BCUT2D eigenvalue weighted by Gasteiger charge is 2.19. The van der Waals surface area contributed by atoms with Gasteiger partial charge >= 0.3 is 0 Å². The lowest BCUT2D eigenvalue weighted by Gasteiger charge is -2.35. The number of halogens is 1. The Morgan fingerprint density at radius 3 is 2.29 bits per heavy atom. The molecule has 0 unspecified atom stereocenters. The molecular formula is C30H30BrN5O4S. The molecule has 212 valence electrons. The first-order valence-electron chi connectivity index (χ1n) is 13.2. The molecule has 0 spiro atoms. The van der Waals surface area contributed by atoms with Gasteiger partial charge in [0.15, 0.2) is 5.75 Å². The molecule has 1 aliphatic rings. The third-order valence-electron chi connectivity index (χ3n) is 6.66. The smallest absolute Gasteiger partial charge is 0.262 e. The Morgan fingerprint density at radius 1 is 0.878 bits per heavy atom. The van der Waals surface area contributed by atoms with Crippen molar-refractivity contribution in [3.63, 3.8) is 0 Å². The first kappa shape index (κ1) is 28.6. The standard InChI is InChI=1S/C30H30BrN5O4S/c31-24-10-12-25(13-11-24)40-28-6-2-1-5-27(28)34-41(38,39)26-14-8-23(9-15-26)30(37)33-17-18-35-19-21-36(22-20-35)29-7-3-4-16-32-29/h1-16,34H,17-22H2,(H,33,37). The lowest BCUT2D eigenvalue weighted by atomic mass is 10.2. The van der Waals surface area contributed by atoms with Crippen molar-refractivity contribution < 1.29 is 17.9 Å². The molecule has 1 aliphatic heterocycles. The zero-order valence-corrected chi connectivity index (χ0v) is 24.6. The number of carbonyl (C=O) groups excluding carboxylic acids is 1. The lowest BCUT2D eigenvalue weighted by Crippen LogP contribution is -2.48. The van der Waals surface area contributed by atoms with Crippen molar-refractivity contribution >= 4 is 43.4 Å². The van der Waals surface area contributed by atoms with Crippen LogP contribution < -0.4 is 19.7 Å². The molecule has 4 aromatic rings. The van der Waals surface area contributed by atoms with Gasteiger partial charge in [-0.1, -0.05) is 34.1 Å². The summed E-state index contributed by atoms with van der Waals surface area (Å²) in [6.07, 6.45) is 1.80. The molecule has 2 heterocycles. The predicted molar refractivity (Wildman–Crippen MR) is 163 cm³/mol. The van der Waals surface area contributed by atoms with Crippen LogP contribution in [0.4, 0.5) is 11.5 Å². The molecule has 1 saturated heterocycles. The fourth-order valence-corrected chi connectivity index (χ4v) is 5.76. The van der Waals surface area contributed by atoms with E-state index in [9.17, 15) is 13.2 Å². The molecule has 3 aromatic carbocycles. The molecule has 9 nitrogen and oxygen atoms in total. The molecule has 0 bridgehead atoms. The van der Waals surface area contributed by atoms with Crippen LogP contribution in [0.25, 0.3) is 0 Å². The van der Waals surface area contributed by atoms with E-state index in [0.717, 1.165) is 43.0 Å². The Bertz CT molecular complexity index is 1560. The first-order chi connectivity index (χ1) is 19.9. The molecule has 2 N–H and O–H groups in total. The molecule has 0 saturated carbocycles. The van der Waals surface area contributed by atoms with Crippen molar-refractivity contribution in [1.82, 2.24) is 15.2 Å². The number of carbonyl (C=O) groups is 1. The molecule has 0 aliphatic carbocycles. The molecule has 5 rings (SSSR count). The van der Waals surface area contributed by atoms with Gasteiger partial charge in [0.25, 0.3) is 15.9 Å². The van der Waals surface area contributed by atoms with Crippen LogP contribution in [0.15, 0.2) is 107 Å². The van der Waals surface area contributed by atoms with Crippen molar-refractivity contribution in [2.45, 2.75) is 4.90 Å². The Morgan fingerprint density at radius 2 is 1.59 bits per heavy atom. The molecule has 1 aromatic heterocycles. The largest absolute Gasteiger partial charge is 0.455 e. The van der Waals surface area contributed by atoms with Gasteiger partial charge < -0.3 is 15.0 Å². The number of nitrogens with one attached hydrogen (secondary N) is 2. The van der Waals surface area contributed by atoms with E-state index in [2.05, 4.69) is 40.8 Å². The van der Waals surface area contributed by atoms with E-state index in [-0.39, 0.29) is 10.8 Å². The summed E-state index contributed by atoms with van der Waals surface area (Å²) in [4.78, 5) is 21.7. The predicted octanol–water partition coefficient (Wildman–Crippen LogP) is 4.99. The Kier molecular flexibility index (Phi) is 9.17. The minimum atomic E-state index is -3.92. The fraction of sp³-hybridized carbons (Fsp3) is 0.200. The number of rotatable bonds is 10. The number of benzene rings is 3. The lowest BCUT2D eigenvalue weighted by molar-refractivity contribution is 0.0947. The van der Waals surface area contributed by atoms with Crippen LogP contribution in [0.5, 0.6) is 11.5 Å². The van der Waals surface area contributed by atoms with Crippen molar-refractivity contribution in [1.29, 1.82) is 0 Å². The van der Waals surface area contributed by atoms with E-state index in [4.69, 9.17) is 4.74 Å². The molecule has 41 heavy (non-hydrogen) atoms. The number of pyridine rings is 1. The van der Waals surface area contributed by atoms with Gasteiger partial charge in [-0.2, -0.15) is 0 Å². The highest BCUT2D eigenvalue weighted by molar-refractivity contribution is 9.10. The van der Waals surface area contributed by atoms with E-state index in [0.29, 0.717) is 29.3 Å². The van der Waals surface area contributed by atoms with Crippen molar-refractivity contribution in [3.8, 4) is 11.5 Å². The van der Waals surface area contributed by atoms with Crippen LogP contribution in [0.3, 0.4) is 0 Å². The number of hydrogen-bond donors (Lipinski definition) is 2. The Hall–Kier alpha value is -3.93. The number of ether oxygens (including phenoxy) is 1. The molecule has 11 heteroatoms. The number of amides is 1. The fourth-order valence-electron chi connectivity index (χ4n) is 4.43. The van der Waals surface area contributed by atoms with E-state index in [1.807, 2.05) is 30.3 Å². The van der Waals surface area contributed by atoms with Crippen molar-refractivity contribution in [2.24, 2.45) is 0 Å². The van der Waals surface area contributed by atoms with Crippen LogP contribution >= 0.6 is 15.9 Å². The second-order valence-electron chi connectivity index (χ2n) is 9.45. The summed E-state index contributed by atoms with van der Waals surface area (Å²) in [5, 5.41) is 2.93. The number of sulfonamides is 1. The maximum absolute atomic E-state index is 13.1. The monoisotopic (exact) mass is 635 g/mol. The molecule has 1 fully saturated rings. The molecule has 1 amide bonds. The van der Waals surface area contributed by atoms with Gasteiger partial charge in [-0.25, -0.2) is 13.4 Å². The second-order valence-corrected chi connectivity index (χ2v) is 12.1. The van der Waals surface area contributed by atoms with E-state index in [1.54, 1.807) is 42.6 Å². The number of para-hydroxylation sites is 2. The molecule has 0 radical (unpaired) electrons. The normalized spacial score (nSPS) is 13.9. The SMILES string of the molecule is O=C(NCCN1CCN(c2ccccn2)CC1)c1ccc(S(=O)(=O)Nc2ccccc2Oc2ccc(Br)cc2)cc1. The third kappa shape index (κ3) is 7.63. The van der Waals surface area contributed by atoms with Gasteiger partial charge in [-0.15, -0.1) is 0 Å². The van der Waals surface area contributed by atoms with Gasteiger partial charge in [0, 0.05) is 55.5 Å². The summed E-state index contributed by atoms with van der Waals surface area (Å²) in [7, 11) is -3.92. The second kappa shape index (κ2) is 13.2. The van der Waals surface area contributed by atoms with Gasteiger partial charge in [0.05, 0.1) is 10.6 Å². The Balaban J connectivity index is 1.12. The van der Waals surface area contributed by atoms with Gasteiger partial charge in [-0.05, 0) is 72.8 Å². The quantitative estimate of drug-likeness (QED) is 0.253. The van der Waals surface area contributed by atoms with Crippen LogP contribution in [0.1, 0.15) is 10.4 Å². The summed E-state index contributed by atoms with van der Waals surface area (Å²) >= 11 is 3.38. The number of hydrogen-bond acceptors (Lipinski definition) is 7. The van der Waals surface area contributed by atoms with E-state index < -0.39 is 10.0 Å². The summed E-state index contributed by atoms with van der Waals surface area (Å²) in [5.74, 6) is 1.68. The van der Waals surface area contributed by atoms with Crippen molar-refractivity contribution in [2.75, 3.05) is 48.9 Å². The minimum absolute atomic E-state index is 0.0401. The summed E-state index contributed by atoms with van der Waals surface area (Å²) in [5.41, 5.74) is 0.695. The zero-order chi connectivity index (χ0) is 28.7. The average Bonchev–Trinajstić information content (AvgIpc) is 3.00. The minimum Gasteiger partial charge on any atom is -0.455 e. The van der Waals surface area contributed by atoms with Gasteiger partial charge in [0.1, 0.15) is 11.6 Å². The third-order valence-corrected chi connectivity index (χ3v) is 8.57. The highest BCUT2D eigenvalue weighted by Crippen LogP contribution is 2.31. The highest BCUT2D eigenvalue weighted by atomic mass is 79.9. The number of nitrogens with zero attached hydrogens (tertiary/aromatic N) is 3. The zero-order valence-electron chi connectivity index (χ0n) is 22.2. The van der Waals surface area contributed by atoms with E-state index >= 15 is 0 Å². The van der Waals surface area contributed by atoms with Gasteiger partial charge in [0.2, 0.25) is 0 Å².